The van der Waals surface area contributed by atoms with Crippen molar-refractivity contribution in [2.24, 2.45) is 0 Å². The van der Waals surface area contributed by atoms with E-state index in [9.17, 15) is 0 Å². The molecule has 0 bridgehead atoms. The molecule has 96 valence electrons. The van der Waals surface area contributed by atoms with Gasteiger partial charge in [0.25, 0.3) is 0 Å². The second kappa shape index (κ2) is 5.64. The molecule has 0 aliphatic rings. The summed E-state index contributed by atoms with van der Waals surface area (Å²) in [6.07, 6.45) is 1.48. The molecule has 0 unspecified atom stereocenters. The minimum absolute atomic E-state index is 0.0514. The van der Waals surface area contributed by atoms with E-state index in [0.717, 1.165) is 10.3 Å². The first-order valence-electron chi connectivity index (χ1n) is 5.37. The van der Waals surface area contributed by atoms with Crippen molar-refractivity contribution in [1.82, 2.24) is 14.9 Å². The van der Waals surface area contributed by atoms with Crippen LogP contribution in [0.25, 0.3) is 0 Å². The van der Waals surface area contributed by atoms with Gasteiger partial charge in [0.05, 0.1) is 0 Å². The van der Waals surface area contributed by atoms with E-state index in [-0.39, 0.29) is 5.54 Å². The average Bonchev–Trinajstić information content (AvgIpc) is 2.27. The Morgan fingerprint density at radius 2 is 2.06 bits per heavy atom. The number of hydrogen-bond acceptors (Lipinski definition) is 5. The van der Waals surface area contributed by atoms with Crippen molar-refractivity contribution >= 4 is 21.7 Å². The zero-order chi connectivity index (χ0) is 13.1. The molecule has 0 aliphatic carbocycles. The molecule has 6 heteroatoms. The minimum atomic E-state index is -0.0514. The minimum Gasteiger partial charge on any atom is -0.475 e. The van der Waals surface area contributed by atoms with Crippen molar-refractivity contribution in [3.63, 3.8) is 0 Å². The second-order valence-electron chi connectivity index (χ2n) is 4.59. The van der Waals surface area contributed by atoms with Crippen LogP contribution in [0.15, 0.2) is 10.8 Å². The normalized spacial score (nSPS) is 11.7. The van der Waals surface area contributed by atoms with Gasteiger partial charge >= 0.3 is 0 Å². The van der Waals surface area contributed by atoms with E-state index >= 15 is 0 Å². The smallest absolute Gasteiger partial charge is 0.233 e. The van der Waals surface area contributed by atoms with Crippen molar-refractivity contribution in [2.45, 2.75) is 19.4 Å². The fourth-order valence-corrected chi connectivity index (χ4v) is 1.52. The maximum atomic E-state index is 5.73. The maximum Gasteiger partial charge on any atom is 0.233 e. The summed E-state index contributed by atoms with van der Waals surface area (Å²) >= 11 is 3.42. The number of nitrogens with zero attached hydrogens (tertiary/aromatic N) is 3. The zero-order valence-electron chi connectivity index (χ0n) is 10.9. The summed E-state index contributed by atoms with van der Waals surface area (Å²) in [5, 5.41) is 2.97. The van der Waals surface area contributed by atoms with Crippen molar-refractivity contribution in [2.75, 3.05) is 33.1 Å². The Morgan fingerprint density at radius 3 is 2.59 bits per heavy atom. The van der Waals surface area contributed by atoms with Crippen LogP contribution < -0.4 is 10.1 Å². The molecule has 1 N–H and O–H groups in total. The van der Waals surface area contributed by atoms with Crippen LogP contribution in [0.5, 0.6) is 5.88 Å². The van der Waals surface area contributed by atoms with Gasteiger partial charge in [-0.3, -0.25) is 0 Å². The maximum absolute atomic E-state index is 5.73. The molecule has 0 aliphatic heterocycles. The molecule has 0 fully saturated rings. The van der Waals surface area contributed by atoms with Crippen LogP contribution in [-0.4, -0.2) is 48.2 Å². The van der Waals surface area contributed by atoms with Crippen LogP contribution in [0.4, 0.5) is 5.82 Å². The Hall–Kier alpha value is -0.880. The largest absolute Gasteiger partial charge is 0.475 e. The van der Waals surface area contributed by atoms with Gasteiger partial charge in [-0.1, -0.05) is 0 Å². The van der Waals surface area contributed by atoms with E-state index in [0.29, 0.717) is 12.5 Å². The Morgan fingerprint density at radius 1 is 1.41 bits per heavy atom. The van der Waals surface area contributed by atoms with E-state index in [1.54, 1.807) is 7.05 Å². The number of halogens is 1. The van der Waals surface area contributed by atoms with Crippen molar-refractivity contribution in [3.05, 3.63) is 10.8 Å². The monoisotopic (exact) mass is 302 g/mol. The standard InChI is InChI=1S/C11H19BrN4O/c1-11(2,16(4)5)6-17-10-8(12)9(13-3)14-7-15-10/h7H,6H2,1-5H3,(H,13,14,15). The zero-order valence-corrected chi connectivity index (χ0v) is 12.5. The van der Waals surface area contributed by atoms with Crippen LogP contribution in [0.3, 0.4) is 0 Å². The third kappa shape index (κ3) is 3.54. The fraction of sp³-hybridized carbons (Fsp3) is 0.636. The van der Waals surface area contributed by atoms with Gasteiger partial charge in [0, 0.05) is 12.6 Å². The highest BCUT2D eigenvalue weighted by molar-refractivity contribution is 9.10. The molecular formula is C11H19BrN4O. The predicted molar refractivity (Wildman–Crippen MR) is 72.5 cm³/mol. The van der Waals surface area contributed by atoms with Crippen LogP contribution in [0.2, 0.25) is 0 Å². The lowest BCUT2D eigenvalue weighted by atomic mass is 10.1. The third-order valence-electron chi connectivity index (χ3n) is 2.77. The number of ether oxygens (including phenoxy) is 1. The summed E-state index contributed by atoms with van der Waals surface area (Å²) in [4.78, 5) is 10.3. The highest BCUT2D eigenvalue weighted by Crippen LogP contribution is 2.28. The third-order valence-corrected chi connectivity index (χ3v) is 3.48. The van der Waals surface area contributed by atoms with Gasteiger partial charge in [0.15, 0.2) is 0 Å². The Kier molecular flexibility index (Phi) is 4.70. The number of hydrogen-bond donors (Lipinski definition) is 1. The lowest BCUT2D eigenvalue weighted by Gasteiger charge is -2.32. The van der Waals surface area contributed by atoms with Crippen molar-refractivity contribution in [1.29, 1.82) is 0 Å². The summed E-state index contributed by atoms with van der Waals surface area (Å²) in [5.41, 5.74) is -0.0514. The van der Waals surface area contributed by atoms with Gasteiger partial charge in [0.1, 0.15) is 23.2 Å². The van der Waals surface area contributed by atoms with E-state index in [4.69, 9.17) is 4.74 Å². The molecule has 0 saturated carbocycles. The fourth-order valence-electron chi connectivity index (χ4n) is 1.00. The molecule has 0 saturated heterocycles. The molecule has 0 aromatic carbocycles. The molecule has 5 nitrogen and oxygen atoms in total. The number of anilines is 1. The van der Waals surface area contributed by atoms with E-state index < -0.39 is 0 Å². The highest BCUT2D eigenvalue weighted by atomic mass is 79.9. The first kappa shape index (κ1) is 14.2. The summed E-state index contributed by atoms with van der Waals surface area (Å²) in [7, 11) is 5.86. The van der Waals surface area contributed by atoms with E-state index in [1.807, 2.05) is 14.1 Å². The van der Waals surface area contributed by atoms with Gasteiger partial charge in [-0.15, -0.1) is 0 Å². The van der Waals surface area contributed by atoms with E-state index in [2.05, 4.69) is 50.0 Å². The summed E-state index contributed by atoms with van der Waals surface area (Å²) in [5.74, 6) is 1.27. The van der Waals surface area contributed by atoms with Gasteiger partial charge in [-0.25, -0.2) is 9.97 Å². The Labute approximate surface area is 111 Å². The number of likely N-dealkylation sites (N-methyl/N-ethyl adjacent to an activating group) is 1. The van der Waals surface area contributed by atoms with Gasteiger partial charge in [-0.2, -0.15) is 0 Å². The van der Waals surface area contributed by atoms with Gasteiger partial charge in [-0.05, 0) is 43.9 Å². The number of rotatable bonds is 5. The highest BCUT2D eigenvalue weighted by Gasteiger charge is 2.22. The van der Waals surface area contributed by atoms with E-state index in [1.165, 1.54) is 6.33 Å². The molecule has 0 radical (unpaired) electrons. The van der Waals surface area contributed by atoms with Crippen molar-refractivity contribution < 1.29 is 4.74 Å². The summed E-state index contributed by atoms with van der Waals surface area (Å²) < 4.78 is 6.47. The molecular weight excluding hydrogens is 284 g/mol. The van der Waals surface area contributed by atoms with Crippen LogP contribution in [0, 0.1) is 0 Å². The average molecular weight is 303 g/mol. The van der Waals surface area contributed by atoms with Gasteiger partial charge in [0.2, 0.25) is 5.88 Å². The molecule has 1 aromatic heterocycles. The lowest BCUT2D eigenvalue weighted by Crippen LogP contribution is -2.43. The van der Waals surface area contributed by atoms with Crippen LogP contribution in [-0.2, 0) is 0 Å². The molecule has 1 rings (SSSR count). The molecule has 1 aromatic rings. The summed E-state index contributed by atoms with van der Waals surface area (Å²) in [6.45, 7) is 4.78. The number of aromatic nitrogens is 2. The molecule has 17 heavy (non-hydrogen) atoms. The molecule has 0 amide bonds. The molecule has 1 heterocycles. The van der Waals surface area contributed by atoms with Crippen LogP contribution in [0.1, 0.15) is 13.8 Å². The summed E-state index contributed by atoms with van der Waals surface area (Å²) in [6, 6.07) is 0. The Balaban J connectivity index is 2.76. The second-order valence-corrected chi connectivity index (χ2v) is 5.38. The topological polar surface area (TPSA) is 50.3 Å². The van der Waals surface area contributed by atoms with Crippen LogP contribution >= 0.6 is 15.9 Å². The predicted octanol–water partition coefficient (Wildman–Crippen LogP) is 2.00. The molecule has 0 atom stereocenters. The quantitative estimate of drug-likeness (QED) is 0.901. The van der Waals surface area contributed by atoms with Crippen molar-refractivity contribution in [3.8, 4) is 5.88 Å². The first-order valence-corrected chi connectivity index (χ1v) is 6.16. The SMILES string of the molecule is CNc1ncnc(OCC(C)(C)N(C)C)c1Br. The lowest BCUT2D eigenvalue weighted by molar-refractivity contribution is 0.110. The van der Waals surface area contributed by atoms with Gasteiger partial charge < -0.3 is 15.0 Å². The molecule has 0 spiro atoms. The number of nitrogens with one attached hydrogen (secondary N) is 1. The first-order chi connectivity index (χ1) is 7.88. The Bertz CT molecular complexity index is 382.